The van der Waals surface area contributed by atoms with Crippen molar-refractivity contribution in [2.24, 2.45) is 5.92 Å². The van der Waals surface area contributed by atoms with Gasteiger partial charge in [-0.1, -0.05) is 28.1 Å². The van der Waals surface area contributed by atoms with Gasteiger partial charge in [-0.25, -0.2) is 12.8 Å². The van der Waals surface area contributed by atoms with Crippen LogP contribution in [0.5, 0.6) is 0 Å². The smallest absolute Gasteiger partial charge is 0.243 e. The first kappa shape index (κ1) is 21.6. The van der Waals surface area contributed by atoms with E-state index in [-0.39, 0.29) is 35.4 Å². The second-order valence-corrected chi connectivity index (χ2v) is 9.73. The first-order valence-corrected chi connectivity index (χ1v) is 11.3. The van der Waals surface area contributed by atoms with Gasteiger partial charge in [-0.15, -0.1) is 0 Å². The number of sulfonamides is 1. The average molecular weight is 483 g/mol. The Morgan fingerprint density at radius 1 is 1.14 bits per heavy atom. The molecule has 0 radical (unpaired) electrons. The molecule has 0 aliphatic carbocycles. The molecule has 1 aliphatic rings. The summed E-state index contributed by atoms with van der Waals surface area (Å²) in [6.45, 7) is 1.73. The van der Waals surface area contributed by atoms with Crippen molar-refractivity contribution in [3.05, 3.63) is 58.3 Å². The summed E-state index contributed by atoms with van der Waals surface area (Å²) in [5.74, 6) is -1.49. The highest BCUT2D eigenvalue weighted by Crippen LogP contribution is 2.26. The van der Waals surface area contributed by atoms with Crippen molar-refractivity contribution in [2.75, 3.05) is 18.4 Å². The third kappa shape index (κ3) is 4.91. The lowest BCUT2D eigenvalue weighted by Gasteiger charge is -2.30. The van der Waals surface area contributed by atoms with Crippen LogP contribution in [0.25, 0.3) is 0 Å². The van der Waals surface area contributed by atoms with Gasteiger partial charge in [0.25, 0.3) is 0 Å². The van der Waals surface area contributed by atoms with Gasteiger partial charge in [-0.2, -0.15) is 4.31 Å². The Balaban J connectivity index is 1.65. The van der Waals surface area contributed by atoms with Crippen molar-refractivity contribution >= 4 is 43.3 Å². The SMILES string of the molecule is CC(=O)c1cccc(S(=O)(=O)N2CCC(C(=O)Nc3ccc(Br)cc3F)CC2)c1. The van der Waals surface area contributed by atoms with Crippen molar-refractivity contribution in [1.82, 2.24) is 4.31 Å². The van der Waals surface area contributed by atoms with Crippen LogP contribution in [0.1, 0.15) is 30.1 Å². The zero-order chi connectivity index (χ0) is 21.2. The fourth-order valence-electron chi connectivity index (χ4n) is 3.21. The first-order valence-electron chi connectivity index (χ1n) is 9.05. The lowest BCUT2D eigenvalue weighted by atomic mass is 9.97. The van der Waals surface area contributed by atoms with Crippen LogP contribution in [-0.4, -0.2) is 37.5 Å². The summed E-state index contributed by atoms with van der Waals surface area (Å²) in [5.41, 5.74) is 0.422. The molecule has 6 nitrogen and oxygen atoms in total. The van der Waals surface area contributed by atoms with E-state index in [4.69, 9.17) is 0 Å². The Kier molecular flexibility index (Phi) is 6.50. The number of carbonyl (C=O) groups is 2. The van der Waals surface area contributed by atoms with Crippen LogP contribution in [0, 0.1) is 11.7 Å². The predicted octanol–water partition coefficient (Wildman–Crippen LogP) is 3.83. The van der Waals surface area contributed by atoms with Crippen molar-refractivity contribution in [2.45, 2.75) is 24.7 Å². The van der Waals surface area contributed by atoms with Crippen LogP contribution in [0.2, 0.25) is 0 Å². The molecular weight excluding hydrogens is 463 g/mol. The minimum absolute atomic E-state index is 0.0602. The molecule has 0 bridgehead atoms. The highest BCUT2D eigenvalue weighted by molar-refractivity contribution is 9.10. The van der Waals surface area contributed by atoms with Crippen molar-refractivity contribution in [1.29, 1.82) is 0 Å². The van der Waals surface area contributed by atoms with Gasteiger partial charge in [0.15, 0.2) is 5.78 Å². The van der Waals surface area contributed by atoms with Crippen molar-refractivity contribution in [3.8, 4) is 0 Å². The molecule has 2 aromatic carbocycles. The summed E-state index contributed by atoms with van der Waals surface area (Å²) in [6, 6.07) is 10.3. The van der Waals surface area contributed by atoms with E-state index < -0.39 is 21.8 Å². The van der Waals surface area contributed by atoms with Crippen LogP contribution >= 0.6 is 15.9 Å². The van der Waals surface area contributed by atoms with Crippen LogP contribution < -0.4 is 5.32 Å². The number of ketones is 1. The molecule has 1 amide bonds. The van der Waals surface area contributed by atoms with Gasteiger partial charge < -0.3 is 5.32 Å². The molecule has 9 heteroatoms. The molecular formula is C20H20BrFN2O4S. The van der Waals surface area contributed by atoms with Crippen LogP contribution in [0.4, 0.5) is 10.1 Å². The number of halogens is 2. The van der Waals surface area contributed by atoms with Gasteiger partial charge in [0.2, 0.25) is 15.9 Å². The van der Waals surface area contributed by atoms with Crippen molar-refractivity contribution in [3.63, 3.8) is 0 Å². The number of carbonyl (C=O) groups excluding carboxylic acids is 2. The van der Waals surface area contributed by atoms with Gasteiger partial charge in [-0.3, -0.25) is 9.59 Å². The summed E-state index contributed by atoms with van der Waals surface area (Å²) in [6.07, 6.45) is 0.658. The summed E-state index contributed by atoms with van der Waals surface area (Å²) in [4.78, 5) is 24.0. The number of rotatable bonds is 5. The van der Waals surface area contributed by atoms with E-state index in [9.17, 15) is 22.4 Å². The van der Waals surface area contributed by atoms with Crippen molar-refractivity contribution < 1.29 is 22.4 Å². The Labute approximate surface area is 177 Å². The normalized spacial score (nSPS) is 15.8. The predicted molar refractivity (Wildman–Crippen MR) is 111 cm³/mol. The second kappa shape index (κ2) is 8.73. The molecule has 1 fully saturated rings. The summed E-state index contributed by atoms with van der Waals surface area (Å²) >= 11 is 3.16. The topological polar surface area (TPSA) is 83.6 Å². The summed E-state index contributed by atoms with van der Waals surface area (Å²) in [7, 11) is -3.75. The fraction of sp³-hybridized carbons (Fsp3) is 0.300. The lowest BCUT2D eigenvalue weighted by Crippen LogP contribution is -2.41. The van der Waals surface area contributed by atoms with E-state index in [2.05, 4.69) is 21.2 Å². The van der Waals surface area contributed by atoms with Crippen LogP contribution in [0.15, 0.2) is 51.8 Å². The summed E-state index contributed by atoms with van der Waals surface area (Å²) < 4.78 is 41.5. The largest absolute Gasteiger partial charge is 0.323 e. The van der Waals surface area contributed by atoms with Gasteiger partial charge in [-0.05, 0) is 50.1 Å². The Morgan fingerprint density at radius 3 is 2.45 bits per heavy atom. The number of benzene rings is 2. The number of nitrogens with zero attached hydrogens (tertiary/aromatic N) is 1. The Bertz CT molecular complexity index is 1050. The lowest BCUT2D eigenvalue weighted by molar-refractivity contribution is -0.120. The molecule has 0 spiro atoms. The van der Waals surface area contributed by atoms with E-state index in [1.54, 1.807) is 12.1 Å². The number of piperidine rings is 1. The highest BCUT2D eigenvalue weighted by atomic mass is 79.9. The molecule has 154 valence electrons. The molecule has 0 unspecified atom stereocenters. The van der Waals surface area contributed by atoms with Gasteiger partial charge in [0.05, 0.1) is 10.6 Å². The van der Waals surface area contributed by atoms with Crippen LogP contribution in [0.3, 0.4) is 0 Å². The zero-order valence-corrected chi connectivity index (χ0v) is 18.1. The third-order valence-corrected chi connectivity index (χ3v) is 7.28. The first-order chi connectivity index (χ1) is 13.7. The second-order valence-electron chi connectivity index (χ2n) is 6.88. The van der Waals surface area contributed by atoms with E-state index >= 15 is 0 Å². The molecule has 3 rings (SSSR count). The molecule has 0 saturated carbocycles. The molecule has 2 aromatic rings. The minimum atomic E-state index is -3.75. The number of anilines is 1. The molecule has 0 atom stereocenters. The average Bonchev–Trinajstić information content (AvgIpc) is 2.70. The maximum Gasteiger partial charge on any atom is 0.243 e. The van der Waals surface area contributed by atoms with E-state index in [1.807, 2.05) is 0 Å². The van der Waals surface area contributed by atoms with Gasteiger partial charge >= 0.3 is 0 Å². The molecule has 1 aliphatic heterocycles. The minimum Gasteiger partial charge on any atom is -0.323 e. The Hall–Kier alpha value is -2.10. The highest BCUT2D eigenvalue weighted by Gasteiger charge is 2.32. The molecule has 1 heterocycles. The third-order valence-electron chi connectivity index (χ3n) is 4.89. The quantitative estimate of drug-likeness (QED) is 0.656. The van der Waals surface area contributed by atoms with Crippen LogP contribution in [-0.2, 0) is 14.8 Å². The maximum absolute atomic E-state index is 13.9. The zero-order valence-electron chi connectivity index (χ0n) is 15.7. The molecule has 29 heavy (non-hydrogen) atoms. The number of Topliss-reactive ketones (excluding diaryl/α,β-unsaturated/α-hetero) is 1. The Morgan fingerprint density at radius 2 is 1.83 bits per heavy atom. The van der Waals surface area contributed by atoms with E-state index in [0.29, 0.717) is 22.9 Å². The maximum atomic E-state index is 13.9. The van der Waals surface area contributed by atoms with E-state index in [0.717, 1.165) is 0 Å². The van der Waals surface area contributed by atoms with Gasteiger partial charge in [0.1, 0.15) is 5.82 Å². The molecule has 1 N–H and O–H groups in total. The monoisotopic (exact) mass is 482 g/mol. The number of amides is 1. The van der Waals surface area contributed by atoms with Gasteiger partial charge in [0, 0.05) is 29.0 Å². The standard InChI is InChI=1S/C20H20BrFN2O4S/c1-13(25)15-3-2-4-17(11-15)29(27,28)24-9-7-14(8-10-24)20(26)23-19-6-5-16(21)12-18(19)22/h2-6,11-12,14H,7-10H2,1H3,(H,23,26). The molecule has 1 saturated heterocycles. The number of hydrogen-bond donors (Lipinski definition) is 1. The summed E-state index contributed by atoms with van der Waals surface area (Å²) in [5, 5.41) is 2.57. The fourth-order valence-corrected chi connectivity index (χ4v) is 5.06. The number of hydrogen-bond acceptors (Lipinski definition) is 4. The van der Waals surface area contributed by atoms with E-state index in [1.165, 1.54) is 41.6 Å². The molecule has 0 aromatic heterocycles. The number of nitrogens with one attached hydrogen (secondary N) is 1.